The Morgan fingerprint density at radius 1 is 1.77 bits per heavy atom. The minimum absolute atomic E-state index is 0.0345. The van der Waals surface area contributed by atoms with Gasteiger partial charge in [0.15, 0.2) is 0 Å². The lowest BCUT2D eigenvalue weighted by Gasteiger charge is -2.04. The maximum absolute atomic E-state index is 9.71. The van der Waals surface area contributed by atoms with Crippen molar-refractivity contribution in [2.24, 2.45) is 0 Å². The Hall–Kier alpha value is -1.35. The van der Waals surface area contributed by atoms with Crippen molar-refractivity contribution in [1.29, 1.82) is 0 Å². The summed E-state index contributed by atoms with van der Waals surface area (Å²) >= 11 is 0. The van der Waals surface area contributed by atoms with Crippen LogP contribution < -0.4 is 0 Å². The monoisotopic (exact) mass is 177 g/mol. The molecular weight excluding hydrogens is 166 g/mol. The highest BCUT2D eigenvalue weighted by Gasteiger charge is 2.23. The molecule has 3 heteroatoms. The van der Waals surface area contributed by atoms with Crippen LogP contribution in [-0.2, 0) is 11.3 Å². The van der Waals surface area contributed by atoms with E-state index in [1.165, 1.54) is 0 Å². The lowest BCUT2D eigenvalue weighted by Crippen LogP contribution is -1.92. The van der Waals surface area contributed by atoms with Crippen molar-refractivity contribution in [3.05, 3.63) is 29.6 Å². The molecule has 13 heavy (non-hydrogen) atoms. The van der Waals surface area contributed by atoms with Crippen LogP contribution in [0.2, 0.25) is 0 Å². The van der Waals surface area contributed by atoms with Gasteiger partial charge >= 0.3 is 0 Å². The molecule has 1 aromatic heterocycles. The van der Waals surface area contributed by atoms with Crippen LogP contribution in [0.25, 0.3) is 6.08 Å². The summed E-state index contributed by atoms with van der Waals surface area (Å²) in [5, 5.41) is 9.71. The van der Waals surface area contributed by atoms with Crippen molar-refractivity contribution < 1.29 is 9.84 Å². The fourth-order valence-electron chi connectivity index (χ4n) is 1.52. The SMILES string of the molecule is C=Cc1ncc2c(c1O)COC2C. The Kier molecular flexibility index (Phi) is 1.81. The van der Waals surface area contributed by atoms with Crippen LogP contribution in [0, 0.1) is 0 Å². The van der Waals surface area contributed by atoms with E-state index >= 15 is 0 Å². The number of ether oxygens (including phenoxy) is 1. The zero-order valence-corrected chi connectivity index (χ0v) is 7.45. The third-order valence-electron chi connectivity index (χ3n) is 2.33. The first-order valence-corrected chi connectivity index (χ1v) is 4.18. The second-order valence-corrected chi connectivity index (χ2v) is 3.08. The third-order valence-corrected chi connectivity index (χ3v) is 2.33. The van der Waals surface area contributed by atoms with Crippen LogP contribution in [0.1, 0.15) is 29.8 Å². The fourth-order valence-corrected chi connectivity index (χ4v) is 1.52. The van der Waals surface area contributed by atoms with E-state index < -0.39 is 0 Å². The molecule has 0 spiro atoms. The number of hydrogen-bond donors (Lipinski definition) is 1. The molecule has 0 bridgehead atoms. The second kappa shape index (κ2) is 2.85. The Labute approximate surface area is 76.7 Å². The summed E-state index contributed by atoms with van der Waals surface area (Å²) < 4.78 is 5.37. The number of aromatic hydroxyl groups is 1. The molecule has 2 rings (SSSR count). The van der Waals surface area contributed by atoms with Crippen molar-refractivity contribution >= 4 is 6.08 Å². The normalized spacial score (nSPS) is 19.9. The van der Waals surface area contributed by atoms with Crippen LogP contribution >= 0.6 is 0 Å². The molecule has 0 fully saturated rings. The number of rotatable bonds is 1. The molecule has 0 aliphatic carbocycles. The van der Waals surface area contributed by atoms with Gasteiger partial charge in [-0.3, -0.25) is 4.98 Å². The van der Waals surface area contributed by atoms with Gasteiger partial charge in [0.1, 0.15) is 11.4 Å². The standard InChI is InChI=1S/C10H11NO2/c1-3-9-10(12)8-5-13-6(2)7(8)4-11-9/h3-4,6,12H,1,5H2,2H3. The summed E-state index contributed by atoms with van der Waals surface area (Å²) in [7, 11) is 0. The molecule has 0 amide bonds. The van der Waals surface area contributed by atoms with Crippen LogP contribution in [0.5, 0.6) is 5.75 Å². The summed E-state index contributed by atoms with van der Waals surface area (Å²) in [6.45, 7) is 5.98. The molecular formula is C10H11NO2. The fraction of sp³-hybridized carbons (Fsp3) is 0.300. The summed E-state index contributed by atoms with van der Waals surface area (Å²) in [6, 6.07) is 0. The highest BCUT2D eigenvalue weighted by molar-refractivity contribution is 5.56. The van der Waals surface area contributed by atoms with E-state index in [2.05, 4.69) is 11.6 Å². The first-order valence-electron chi connectivity index (χ1n) is 4.18. The van der Waals surface area contributed by atoms with Crippen LogP contribution in [0.15, 0.2) is 12.8 Å². The van der Waals surface area contributed by atoms with E-state index in [9.17, 15) is 5.11 Å². The third kappa shape index (κ3) is 1.12. The van der Waals surface area contributed by atoms with Gasteiger partial charge in [0.2, 0.25) is 0 Å². The summed E-state index contributed by atoms with van der Waals surface area (Å²) in [4.78, 5) is 4.07. The van der Waals surface area contributed by atoms with Gasteiger partial charge in [0.25, 0.3) is 0 Å². The van der Waals surface area contributed by atoms with E-state index in [4.69, 9.17) is 4.74 Å². The molecule has 2 heterocycles. The highest BCUT2D eigenvalue weighted by Crippen LogP contribution is 2.36. The smallest absolute Gasteiger partial charge is 0.147 e. The molecule has 68 valence electrons. The minimum atomic E-state index is 0.0345. The molecule has 1 aliphatic heterocycles. The zero-order chi connectivity index (χ0) is 9.42. The molecule has 1 N–H and O–H groups in total. The lowest BCUT2D eigenvalue weighted by molar-refractivity contribution is 0.0790. The highest BCUT2D eigenvalue weighted by atomic mass is 16.5. The van der Waals surface area contributed by atoms with Gasteiger partial charge in [0, 0.05) is 17.3 Å². The molecule has 1 aliphatic rings. The van der Waals surface area contributed by atoms with Gasteiger partial charge in [-0.05, 0) is 13.0 Å². The van der Waals surface area contributed by atoms with E-state index in [0.29, 0.717) is 12.3 Å². The van der Waals surface area contributed by atoms with E-state index in [1.807, 2.05) is 6.92 Å². The van der Waals surface area contributed by atoms with Crippen LogP contribution in [-0.4, -0.2) is 10.1 Å². The molecule has 0 aromatic carbocycles. The molecule has 0 saturated heterocycles. The summed E-state index contributed by atoms with van der Waals surface area (Å²) in [5.74, 6) is 0.205. The van der Waals surface area contributed by atoms with E-state index in [1.54, 1.807) is 12.3 Å². The predicted molar refractivity (Wildman–Crippen MR) is 49.2 cm³/mol. The second-order valence-electron chi connectivity index (χ2n) is 3.08. The number of fused-ring (bicyclic) bond motifs is 1. The largest absolute Gasteiger partial charge is 0.505 e. The minimum Gasteiger partial charge on any atom is -0.505 e. The average Bonchev–Trinajstić information content (AvgIpc) is 2.50. The van der Waals surface area contributed by atoms with Gasteiger partial charge in [-0.25, -0.2) is 0 Å². The maximum Gasteiger partial charge on any atom is 0.147 e. The number of nitrogens with zero attached hydrogens (tertiary/aromatic N) is 1. The first kappa shape index (κ1) is 8.26. The molecule has 1 unspecified atom stereocenters. The van der Waals surface area contributed by atoms with Gasteiger partial charge in [-0.15, -0.1) is 0 Å². The van der Waals surface area contributed by atoms with E-state index in [0.717, 1.165) is 11.1 Å². The van der Waals surface area contributed by atoms with Crippen molar-refractivity contribution in [2.75, 3.05) is 0 Å². The maximum atomic E-state index is 9.71. The van der Waals surface area contributed by atoms with Gasteiger partial charge in [0.05, 0.1) is 12.7 Å². The average molecular weight is 177 g/mol. The van der Waals surface area contributed by atoms with E-state index in [-0.39, 0.29) is 11.9 Å². The Morgan fingerprint density at radius 2 is 2.54 bits per heavy atom. The Balaban J connectivity index is 2.60. The summed E-state index contributed by atoms with van der Waals surface area (Å²) in [5.41, 5.74) is 2.34. The van der Waals surface area contributed by atoms with Gasteiger partial charge in [-0.1, -0.05) is 6.58 Å². The van der Waals surface area contributed by atoms with Crippen molar-refractivity contribution in [3.8, 4) is 5.75 Å². The van der Waals surface area contributed by atoms with Crippen molar-refractivity contribution in [3.63, 3.8) is 0 Å². The predicted octanol–water partition coefficient (Wildman–Crippen LogP) is 2.02. The first-order chi connectivity index (χ1) is 6.24. The quantitative estimate of drug-likeness (QED) is 0.713. The van der Waals surface area contributed by atoms with Crippen LogP contribution in [0.3, 0.4) is 0 Å². The van der Waals surface area contributed by atoms with Crippen molar-refractivity contribution in [2.45, 2.75) is 19.6 Å². The van der Waals surface area contributed by atoms with Gasteiger partial charge in [-0.2, -0.15) is 0 Å². The molecule has 0 saturated carbocycles. The molecule has 1 atom stereocenters. The Bertz CT molecular complexity index is 360. The molecule has 1 aromatic rings. The van der Waals surface area contributed by atoms with Gasteiger partial charge < -0.3 is 9.84 Å². The Morgan fingerprint density at radius 3 is 3.23 bits per heavy atom. The topological polar surface area (TPSA) is 42.4 Å². The number of aromatic nitrogens is 1. The van der Waals surface area contributed by atoms with Crippen LogP contribution in [0.4, 0.5) is 0 Å². The van der Waals surface area contributed by atoms with Crippen molar-refractivity contribution in [1.82, 2.24) is 4.98 Å². The molecule has 3 nitrogen and oxygen atoms in total. The molecule has 0 radical (unpaired) electrons. The number of hydrogen-bond acceptors (Lipinski definition) is 3. The zero-order valence-electron chi connectivity index (χ0n) is 7.45. The lowest BCUT2D eigenvalue weighted by atomic mass is 10.1. The summed E-state index contributed by atoms with van der Waals surface area (Å²) in [6.07, 6.45) is 3.31. The number of pyridine rings is 1.